The van der Waals surface area contributed by atoms with E-state index in [0.29, 0.717) is 11.3 Å². The van der Waals surface area contributed by atoms with Crippen molar-refractivity contribution in [3.8, 4) is 5.75 Å². The summed E-state index contributed by atoms with van der Waals surface area (Å²) in [5.41, 5.74) is 5.51. The quantitative estimate of drug-likeness (QED) is 0.370. The highest BCUT2D eigenvalue weighted by atomic mass is 16.5. The molecule has 2 rings (SSSR count). The van der Waals surface area contributed by atoms with Crippen molar-refractivity contribution in [1.29, 1.82) is 0 Å². The fraction of sp³-hybridized carbons (Fsp3) is 0.273. The van der Waals surface area contributed by atoms with Gasteiger partial charge in [-0.25, -0.2) is 5.43 Å². The number of rotatable bonds is 7. The van der Waals surface area contributed by atoms with Crippen molar-refractivity contribution in [2.24, 2.45) is 5.10 Å². The predicted molar refractivity (Wildman–Crippen MR) is 115 cm³/mol. The van der Waals surface area contributed by atoms with E-state index in [1.165, 1.54) is 6.21 Å². The lowest BCUT2D eigenvalue weighted by atomic mass is 10.1. The SMILES string of the molecule is Cc1ccc(NC(=O)COc2ccccc2/C=N\NC(=O)C(=O)NC(C)C)c(C)c1. The summed E-state index contributed by atoms with van der Waals surface area (Å²) in [5, 5.41) is 9.06. The summed E-state index contributed by atoms with van der Waals surface area (Å²) in [7, 11) is 0. The van der Waals surface area contributed by atoms with E-state index in [1.54, 1.807) is 38.1 Å². The second-order valence-electron chi connectivity index (χ2n) is 7.02. The molecule has 3 N–H and O–H groups in total. The summed E-state index contributed by atoms with van der Waals surface area (Å²) in [6, 6.07) is 12.5. The molecule has 2 aromatic carbocycles. The average Bonchev–Trinajstić information content (AvgIpc) is 2.68. The number of amides is 3. The Balaban J connectivity index is 1.94. The second-order valence-corrected chi connectivity index (χ2v) is 7.02. The molecule has 0 aromatic heterocycles. The predicted octanol–water partition coefficient (Wildman–Crippen LogP) is 2.30. The lowest BCUT2D eigenvalue weighted by molar-refractivity contribution is -0.139. The molecule has 158 valence electrons. The molecule has 8 heteroatoms. The highest BCUT2D eigenvalue weighted by molar-refractivity contribution is 6.35. The number of ether oxygens (including phenoxy) is 1. The molecule has 0 aliphatic carbocycles. The highest BCUT2D eigenvalue weighted by Gasteiger charge is 2.13. The third kappa shape index (κ3) is 7.05. The van der Waals surface area contributed by atoms with Crippen LogP contribution in [-0.2, 0) is 14.4 Å². The summed E-state index contributed by atoms with van der Waals surface area (Å²) in [4.78, 5) is 35.5. The van der Waals surface area contributed by atoms with E-state index in [1.807, 2.05) is 32.0 Å². The number of hydrogen-bond donors (Lipinski definition) is 3. The number of nitrogens with zero attached hydrogens (tertiary/aromatic N) is 1. The van der Waals surface area contributed by atoms with Crippen molar-refractivity contribution >= 4 is 29.6 Å². The molecule has 0 unspecified atom stereocenters. The Bertz CT molecular complexity index is 954. The Morgan fingerprint density at radius 3 is 2.50 bits per heavy atom. The van der Waals surface area contributed by atoms with Gasteiger partial charge in [-0.3, -0.25) is 14.4 Å². The maximum absolute atomic E-state index is 12.2. The summed E-state index contributed by atoms with van der Waals surface area (Å²) >= 11 is 0. The fourth-order valence-electron chi connectivity index (χ4n) is 2.54. The Kier molecular flexibility index (Phi) is 8.10. The first-order chi connectivity index (χ1) is 14.3. The number of carbonyl (C=O) groups excluding carboxylic acids is 3. The molecule has 3 amide bonds. The van der Waals surface area contributed by atoms with Gasteiger partial charge in [-0.15, -0.1) is 0 Å². The molecule has 0 saturated heterocycles. The Labute approximate surface area is 175 Å². The van der Waals surface area contributed by atoms with Gasteiger partial charge in [0.15, 0.2) is 6.61 Å². The smallest absolute Gasteiger partial charge is 0.329 e. The number of hydrogen-bond acceptors (Lipinski definition) is 5. The molecule has 0 saturated carbocycles. The number of hydrazone groups is 1. The summed E-state index contributed by atoms with van der Waals surface area (Å²) in [5.74, 6) is -1.52. The van der Waals surface area contributed by atoms with Crippen LogP contribution in [0.4, 0.5) is 5.69 Å². The molecular weight excluding hydrogens is 384 g/mol. The van der Waals surface area contributed by atoms with Gasteiger partial charge >= 0.3 is 11.8 Å². The van der Waals surface area contributed by atoms with E-state index in [4.69, 9.17) is 4.74 Å². The second kappa shape index (κ2) is 10.8. The van der Waals surface area contributed by atoms with Crippen LogP contribution in [0, 0.1) is 13.8 Å². The molecule has 0 aliphatic heterocycles. The van der Waals surface area contributed by atoms with E-state index >= 15 is 0 Å². The van der Waals surface area contributed by atoms with E-state index < -0.39 is 11.8 Å². The first kappa shape index (κ1) is 22.6. The Morgan fingerprint density at radius 1 is 1.07 bits per heavy atom. The van der Waals surface area contributed by atoms with Crippen LogP contribution in [0.2, 0.25) is 0 Å². The normalized spacial score (nSPS) is 10.7. The molecule has 0 heterocycles. The molecule has 0 spiro atoms. The summed E-state index contributed by atoms with van der Waals surface area (Å²) in [6.07, 6.45) is 1.35. The number of anilines is 1. The minimum absolute atomic E-state index is 0.156. The lowest BCUT2D eigenvalue weighted by Crippen LogP contribution is -2.41. The van der Waals surface area contributed by atoms with Crippen molar-refractivity contribution in [1.82, 2.24) is 10.7 Å². The number of carbonyl (C=O) groups is 3. The number of benzene rings is 2. The zero-order chi connectivity index (χ0) is 22.1. The van der Waals surface area contributed by atoms with Gasteiger partial charge in [-0.05, 0) is 51.5 Å². The van der Waals surface area contributed by atoms with Gasteiger partial charge in [0.1, 0.15) is 5.75 Å². The standard InChI is InChI=1S/C22H26N4O4/c1-14(2)24-21(28)22(29)26-23-12-17-7-5-6-8-19(17)30-13-20(27)25-18-10-9-15(3)11-16(18)4/h5-12,14H,13H2,1-4H3,(H,24,28)(H,25,27)(H,26,29)/b23-12-. The van der Waals surface area contributed by atoms with E-state index in [0.717, 1.165) is 16.8 Å². The zero-order valence-electron chi connectivity index (χ0n) is 17.5. The van der Waals surface area contributed by atoms with Gasteiger partial charge in [0.25, 0.3) is 5.91 Å². The molecule has 30 heavy (non-hydrogen) atoms. The minimum atomic E-state index is -0.869. The van der Waals surface area contributed by atoms with Crippen LogP contribution in [0.15, 0.2) is 47.6 Å². The van der Waals surface area contributed by atoms with E-state index in [9.17, 15) is 14.4 Å². The molecular formula is C22H26N4O4. The van der Waals surface area contributed by atoms with Crippen molar-refractivity contribution in [2.45, 2.75) is 33.7 Å². The molecule has 2 aromatic rings. The van der Waals surface area contributed by atoms with Crippen LogP contribution >= 0.6 is 0 Å². The third-order valence-electron chi connectivity index (χ3n) is 3.93. The molecule has 0 fully saturated rings. The molecule has 0 atom stereocenters. The van der Waals surface area contributed by atoms with Crippen LogP contribution in [0.25, 0.3) is 0 Å². The highest BCUT2D eigenvalue weighted by Crippen LogP contribution is 2.18. The lowest BCUT2D eigenvalue weighted by Gasteiger charge is -2.11. The largest absolute Gasteiger partial charge is 0.483 e. The van der Waals surface area contributed by atoms with Crippen molar-refractivity contribution in [3.05, 3.63) is 59.2 Å². The topological polar surface area (TPSA) is 109 Å². The van der Waals surface area contributed by atoms with Crippen LogP contribution in [0.1, 0.15) is 30.5 Å². The third-order valence-corrected chi connectivity index (χ3v) is 3.93. The van der Waals surface area contributed by atoms with Crippen LogP contribution < -0.4 is 20.8 Å². The molecule has 8 nitrogen and oxygen atoms in total. The Morgan fingerprint density at radius 2 is 1.80 bits per heavy atom. The van der Waals surface area contributed by atoms with Gasteiger partial charge in [0.05, 0.1) is 6.21 Å². The number of nitrogens with one attached hydrogen (secondary N) is 3. The fourth-order valence-corrected chi connectivity index (χ4v) is 2.54. The van der Waals surface area contributed by atoms with Gasteiger partial charge in [0, 0.05) is 17.3 Å². The van der Waals surface area contributed by atoms with Gasteiger partial charge in [0.2, 0.25) is 0 Å². The zero-order valence-corrected chi connectivity index (χ0v) is 17.5. The van der Waals surface area contributed by atoms with Crippen LogP contribution in [0.3, 0.4) is 0 Å². The minimum Gasteiger partial charge on any atom is -0.483 e. The maximum Gasteiger partial charge on any atom is 0.329 e. The monoisotopic (exact) mass is 410 g/mol. The molecule has 0 aliphatic rings. The Hall–Kier alpha value is -3.68. The number of aryl methyl sites for hydroxylation is 2. The first-order valence-electron chi connectivity index (χ1n) is 9.49. The molecule has 0 bridgehead atoms. The van der Waals surface area contributed by atoms with Gasteiger partial charge in [-0.2, -0.15) is 5.10 Å². The maximum atomic E-state index is 12.2. The number of para-hydroxylation sites is 1. The average molecular weight is 410 g/mol. The first-order valence-corrected chi connectivity index (χ1v) is 9.49. The summed E-state index contributed by atoms with van der Waals surface area (Å²) in [6.45, 7) is 7.21. The van der Waals surface area contributed by atoms with Crippen molar-refractivity contribution in [3.63, 3.8) is 0 Å². The van der Waals surface area contributed by atoms with Gasteiger partial charge in [-0.1, -0.05) is 29.8 Å². The van der Waals surface area contributed by atoms with Gasteiger partial charge < -0.3 is 15.4 Å². The van der Waals surface area contributed by atoms with Crippen LogP contribution in [-0.4, -0.2) is 36.6 Å². The van der Waals surface area contributed by atoms with Crippen molar-refractivity contribution < 1.29 is 19.1 Å². The van der Waals surface area contributed by atoms with E-state index in [-0.39, 0.29) is 18.6 Å². The van der Waals surface area contributed by atoms with E-state index in [2.05, 4.69) is 21.2 Å². The van der Waals surface area contributed by atoms with Crippen molar-refractivity contribution in [2.75, 3.05) is 11.9 Å². The summed E-state index contributed by atoms with van der Waals surface area (Å²) < 4.78 is 5.60. The molecule has 0 radical (unpaired) electrons. The van der Waals surface area contributed by atoms with Crippen LogP contribution in [0.5, 0.6) is 5.75 Å².